The van der Waals surface area contributed by atoms with Gasteiger partial charge in [-0.2, -0.15) is 0 Å². The van der Waals surface area contributed by atoms with E-state index in [2.05, 4.69) is 37.9 Å². The van der Waals surface area contributed by atoms with Crippen LogP contribution >= 0.6 is 0 Å². The molecular weight excluding hydrogens is 260 g/mol. The van der Waals surface area contributed by atoms with Gasteiger partial charge in [0.25, 0.3) is 0 Å². The Balaban J connectivity index is 1.90. The summed E-state index contributed by atoms with van der Waals surface area (Å²) in [6, 6.07) is 0.659. The lowest BCUT2D eigenvalue weighted by atomic mass is 9.87. The highest BCUT2D eigenvalue weighted by atomic mass is 16.5. The van der Waals surface area contributed by atoms with E-state index in [9.17, 15) is 0 Å². The van der Waals surface area contributed by atoms with E-state index in [0.29, 0.717) is 17.5 Å². The van der Waals surface area contributed by atoms with Crippen LogP contribution in [-0.4, -0.2) is 49.3 Å². The first-order valence-electron chi connectivity index (χ1n) is 9.13. The standard InChI is InChI=1S/C18H36N2O/c1-5-16(4)17-12-20(10-11-21-13-15(2)3)18(14-19-17)8-6-7-9-18/h15-17,19H,5-14H2,1-4H3. The fourth-order valence-corrected chi connectivity index (χ4v) is 3.94. The van der Waals surface area contributed by atoms with E-state index in [-0.39, 0.29) is 0 Å². The Kier molecular flexibility index (Phi) is 6.51. The first-order valence-corrected chi connectivity index (χ1v) is 9.13. The average Bonchev–Trinajstić information content (AvgIpc) is 2.93. The number of hydrogen-bond acceptors (Lipinski definition) is 3. The van der Waals surface area contributed by atoms with Crippen LogP contribution in [0, 0.1) is 11.8 Å². The van der Waals surface area contributed by atoms with Crippen molar-refractivity contribution in [1.82, 2.24) is 10.2 Å². The van der Waals surface area contributed by atoms with E-state index in [0.717, 1.165) is 25.7 Å². The third-order valence-corrected chi connectivity index (χ3v) is 5.60. The molecule has 21 heavy (non-hydrogen) atoms. The summed E-state index contributed by atoms with van der Waals surface area (Å²) in [5, 5.41) is 3.86. The van der Waals surface area contributed by atoms with Crippen molar-refractivity contribution in [3.63, 3.8) is 0 Å². The molecule has 1 saturated heterocycles. The molecule has 0 radical (unpaired) electrons. The molecule has 1 N–H and O–H groups in total. The second-order valence-electron chi connectivity index (χ2n) is 7.72. The number of nitrogens with one attached hydrogen (secondary N) is 1. The van der Waals surface area contributed by atoms with Gasteiger partial charge < -0.3 is 10.1 Å². The highest BCUT2D eigenvalue weighted by Gasteiger charge is 2.43. The van der Waals surface area contributed by atoms with Gasteiger partial charge in [-0.05, 0) is 24.7 Å². The number of hydrogen-bond donors (Lipinski definition) is 1. The van der Waals surface area contributed by atoms with Gasteiger partial charge in [-0.15, -0.1) is 0 Å². The zero-order valence-electron chi connectivity index (χ0n) is 14.7. The van der Waals surface area contributed by atoms with Crippen molar-refractivity contribution in [3.8, 4) is 0 Å². The molecule has 1 spiro atoms. The average molecular weight is 296 g/mol. The number of nitrogens with zero attached hydrogens (tertiary/aromatic N) is 1. The Morgan fingerprint density at radius 2 is 1.95 bits per heavy atom. The van der Waals surface area contributed by atoms with Crippen LogP contribution in [0.3, 0.4) is 0 Å². The van der Waals surface area contributed by atoms with Crippen molar-refractivity contribution >= 4 is 0 Å². The largest absolute Gasteiger partial charge is 0.380 e. The lowest BCUT2D eigenvalue weighted by Crippen LogP contribution is -2.65. The van der Waals surface area contributed by atoms with Gasteiger partial charge in [0.05, 0.1) is 6.61 Å². The normalized spacial score (nSPS) is 27.6. The third-order valence-electron chi connectivity index (χ3n) is 5.60. The van der Waals surface area contributed by atoms with Gasteiger partial charge >= 0.3 is 0 Å². The maximum Gasteiger partial charge on any atom is 0.0593 e. The molecule has 2 fully saturated rings. The maximum atomic E-state index is 5.86. The van der Waals surface area contributed by atoms with Crippen molar-refractivity contribution in [2.75, 3.05) is 32.8 Å². The van der Waals surface area contributed by atoms with E-state index in [1.165, 1.54) is 45.2 Å². The molecule has 1 saturated carbocycles. The molecular formula is C18H36N2O. The van der Waals surface area contributed by atoms with Gasteiger partial charge in [0.1, 0.15) is 0 Å². The predicted molar refractivity (Wildman–Crippen MR) is 89.7 cm³/mol. The van der Waals surface area contributed by atoms with Crippen LogP contribution < -0.4 is 5.32 Å². The van der Waals surface area contributed by atoms with Crippen molar-refractivity contribution in [2.45, 2.75) is 71.4 Å². The quantitative estimate of drug-likeness (QED) is 0.730. The van der Waals surface area contributed by atoms with Crippen LogP contribution in [-0.2, 0) is 4.74 Å². The zero-order valence-corrected chi connectivity index (χ0v) is 14.7. The van der Waals surface area contributed by atoms with Crippen LogP contribution in [0.1, 0.15) is 59.8 Å². The molecule has 1 aliphatic carbocycles. The first-order chi connectivity index (χ1) is 10.1. The Morgan fingerprint density at radius 1 is 1.24 bits per heavy atom. The van der Waals surface area contributed by atoms with Crippen LogP contribution in [0.5, 0.6) is 0 Å². The van der Waals surface area contributed by atoms with Crippen LogP contribution in [0.25, 0.3) is 0 Å². The maximum absolute atomic E-state index is 5.86. The van der Waals surface area contributed by atoms with E-state index in [1.54, 1.807) is 0 Å². The van der Waals surface area contributed by atoms with E-state index < -0.39 is 0 Å². The monoisotopic (exact) mass is 296 g/mol. The van der Waals surface area contributed by atoms with Crippen LogP contribution in [0.4, 0.5) is 0 Å². The van der Waals surface area contributed by atoms with Gasteiger partial charge in [-0.25, -0.2) is 0 Å². The Morgan fingerprint density at radius 3 is 2.57 bits per heavy atom. The molecule has 1 aliphatic heterocycles. The summed E-state index contributed by atoms with van der Waals surface area (Å²) in [6.07, 6.45) is 6.81. The van der Waals surface area contributed by atoms with Gasteiger partial charge in [0.15, 0.2) is 0 Å². The van der Waals surface area contributed by atoms with Crippen LogP contribution in [0.2, 0.25) is 0 Å². The second-order valence-corrected chi connectivity index (χ2v) is 7.72. The molecule has 3 heteroatoms. The third kappa shape index (κ3) is 4.43. The van der Waals surface area contributed by atoms with E-state index >= 15 is 0 Å². The van der Waals surface area contributed by atoms with Gasteiger partial charge in [0, 0.05) is 37.8 Å². The Hall–Kier alpha value is -0.120. The zero-order chi connectivity index (χ0) is 15.3. The minimum atomic E-state index is 0.436. The molecule has 2 unspecified atom stereocenters. The summed E-state index contributed by atoms with van der Waals surface area (Å²) in [4.78, 5) is 2.77. The van der Waals surface area contributed by atoms with Gasteiger partial charge in [-0.1, -0.05) is 47.0 Å². The number of piperazine rings is 1. The minimum Gasteiger partial charge on any atom is -0.380 e. The molecule has 2 atom stereocenters. The molecule has 124 valence electrons. The molecule has 0 aromatic rings. The molecule has 0 aromatic carbocycles. The summed E-state index contributed by atoms with van der Waals surface area (Å²) in [5.41, 5.74) is 0.436. The predicted octanol–water partition coefficient (Wildman–Crippen LogP) is 3.29. The number of ether oxygens (including phenoxy) is 1. The van der Waals surface area contributed by atoms with E-state index in [4.69, 9.17) is 4.74 Å². The van der Waals surface area contributed by atoms with Crippen molar-refractivity contribution in [2.24, 2.45) is 11.8 Å². The molecule has 0 amide bonds. The van der Waals surface area contributed by atoms with Crippen molar-refractivity contribution in [3.05, 3.63) is 0 Å². The van der Waals surface area contributed by atoms with E-state index in [1.807, 2.05) is 0 Å². The van der Waals surface area contributed by atoms with Crippen molar-refractivity contribution < 1.29 is 4.74 Å². The topological polar surface area (TPSA) is 24.5 Å². The smallest absolute Gasteiger partial charge is 0.0593 e. The molecule has 2 aliphatic rings. The highest BCUT2D eigenvalue weighted by molar-refractivity contribution is 5.02. The van der Waals surface area contributed by atoms with Gasteiger partial charge in [-0.3, -0.25) is 4.90 Å². The molecule has 0 bridgehead atoms. The van der Waals surface area contributed by atoms with Gasteiger partial charge in [0.2, 0.25) is 0 Å². The first kappa shape index (κ1) is 17.2. The fourth-order valence-electron chi connectivity index (χ4n) is 3.94. The highest BCUT2D eigenvalue weighted by Crippen LogP contribution is 2.37. The molecule has 0 aromatic heterocycles. The second kappa shape index (κ2) is 7.94. The summed E-state index contributed by atoms with van der Waals surface area (Å²) in [7, 11) is 0. The SMILES string of the molecule is CCC(C)C1CN(CCOCC(C)C)C2(CCCC2)CN1. The summed E-state index contributed by atoms with van der Waals surface area (Å²) in [6.45, 7) is 14.4. The summed E-state index contributed by atoms with van der Waals surface area (Å²) in [5.74, 6) is 1.41. The molecule has 1 heterocycles. The van der Waals surface area contributed by atoms with Crippen molar-refractivity contribution in [1.29, 1.82) is 0 Å². The lowest BCUT2D eigenvalue weighted by Gasteiger charge is -2.49. The minimum absolute atomic E-state index is 0.436. The molecule has 3 nitrogen and oxygen atoms in total. The molecule has 2 rings (SSSR count). The summed E-state index contributed by atoms with van der Waals surface area (Å²) < 4.78 is 5.86. The van der Waals surface area contributed by atoms with Crippen LogP contribution in [0.15, 0.2) is 0 Å². The number of rotatable bonds is 7. The summed E-state index contributed by atoms with van der Waals surface area (Å²) >= 11 is 0. The fraction of sp³-hybridized carbons (Fsp3) is 1.00. The Bertz CT molecular complexity index is 300. The lowest BCUT2D eigenvalue weighted by molar-refractivity contribution is 0.000916. The Labute approximate surface area is 131 Å².